The summed E-state index contributed by atoms with van der Waals surface area (Å²) in [7, 11) is 0. The lowest BCUT2D eigenvalue weighted by Crippen LogP contribution is -2.28. The first kappa shape index (κ1) is 9.51. The molecule has 82 valence electrons. The van der Waals surface area contributed by atoms with Crippen molar-refractivity contribution in [2.24, 2.45) is 0 Å². The number of hydrogen-bond donors (Lipinski definition) is 0. The number of aryl methyl sites for hydroxylation is 1. The number of nitrogens with zero attached hydrogens (tertiary/aromatic N) is 2. The fourth-order valence-electron chi connectivity index (χ4n) is 2.21. The molecule has 1 aliphatic rings. The van der Waals surface area contributed by atoms with E-state index in [4.69, 9.17) is 0 Å². The van der Waals surface area contributed by atoms with Gasteiger partial charge in [0, 0.05) is 19.0 Å². The van der Waals surface area contributed by atoms with E-state index in [1.54, 1.807) is 4.57 Å². The summed E-state index contributed by atoms with van der Waals surface area (Å²) >= 11 is 0. The lowest BCUT2D eigenvalue weighted by atomic mass is 10.1. The zero-order valence-corrected chi connectivity index (χ0v) is 8.74. The molecule has 1 aromatic heterocycles. The average Bonchev–Trinajstić information content (AvgIpc) is 2.29. The van der Waals surface area contributed by atoms with E-state index < -0.39 is 0 Å². The number of fused-ring (bicyclic) bond motifs is 2. The Morgan fingerprint density at radius 3 is 3.06 bits per heavy atom. The molecular formula is C12H11FN2O. The molecule has 0 N–H and O–H groups in total. The summed E-state index contributed by atoms with van der Waals surface area (Å²) in [5, 5.41) is 0.507. The number of benzene rings is 1. The van der Waals surface area contributed by atoms with Crippen molar-refractivity contribution in [1.29, 1.82) is 0 Å². The van der Waals surface area contributed by atoms with Crippen LogP contribution in [0.3, 0.4) is 0 Å². The van der Waals surface area contributed by atoms with Crippen LogP contribution in [0.2, 0.25) is 0 Å². The Labute approximate surface area is 91.5 Å². The third-order valence-electron chi connectivity index (χ3n) is 3.03. The molecule has 0 aliphatic carbocycles. The minimum Gasteiger partial charge on any atom is -0.296 e. The number of hydrogen-bond acceptors (Lipinski definition) is 2. The zero-order chi connectivity index (χ0) is 11.1. The number of rotatable bonds is 0. The molecule has 16 heavy (non-hydrogen) atoms. The topological polar surface area (TPSA) is 34.9 Å². The van der Waals surface area contributed by atoms with E-state index in [-0.39, 0.29) is 11.4 Å². The van der Waals surface area contributed by atoms with Crippen molar-refractivity contribution in [2.75, 3.05) is 0 Å². The van der Waals surface area contributed by atoms with E-state index in [1.165, 1.54) is 18.2 Å². The summed E-state index contributed by atoms with van der Waals surface area (Å²) in [5.74, 6) is 0.439. The number of aromatic nitrogens is 2. The second kappa shape index (κ2) is 3.40. The Kier molecular flexibility index (Phi) is 2.02. The van der Waals surface area contributed by atoms with E-state index in [9.17, 15) is 9.18 Å². The molecule has 1 aliphatic heterocycles. The lowest BCUT2D eigenvalue weighted by Gasteiger charge is -2.17. The van der Waals surface area contributed by atoms with Crippen molar-refractivity contribution >= 4 is 10.9 Å². The SMILES string of the molecule is O=c1c2ccc(F)cc2nc2n1CCCC2. The molecule has 0 atom stereocenters. The van der Waals surface area contributed by atoms with Crippen LogP contribution in [-0.2, 0) is 13.0 Å². The van der Waals surface area contributed by atoms with Gasteiger partial charge in [0.15, 0.2) is 0 Å². The molecule has 0 spiro atoms. The Bertz CT molecular complexity index is 618. The largest absolute Gasteiger partial charge is 0.296 e. The van der Waals surface area contributed by atoms with Gasteiger partial charge in [-0.25, -0.2) is 9.37 Å². The van der Waals surface area contributed by atoms with E-state index in [1.807, 2.05) is 0 Å². The number of halogens is 1. The van der Waals surface area contributed by atoms with Gasteiger partial charge in [-0.2, -0.15) is 0 Å². The van der Waals surface area contributed by atoms with Crippen LogP contribution in [-0.4, -0.2) is 9.55 Å². The van der Waals surface area contributed by atoms with Gasteiger partial charge >= 0.3 is 0 Å². The fourth-order valence-corrected chi connectivity index (χ4v) is 2.21. The fraction of sp³-hybridized carbons (Fsp3) is 0.333. The van der Waals surface area contributed by atoms with E-state index in [0.29, 0.717) is 10.9 Å². The molecule has 2 heterocycles. The van der Waals surface area contributed by atoms with Gasteiger partial charge in [-0.05, 0) is 25.0 Å². The minimum atomic E-state index is -0.347. The minimum absolute atomic E-state index is 0.0419. The molecule has 3 rings (SSSR count). The summed E-state index contributed by atoms with van der Waals surface area (Å²) in [6.07, 6.45) is 2.87. The van der Waals surface area contributed by atoms with Gasteiger partial charge < -0.3 is 0 Å². The van der Waals surface area contributed by atoms with E-state index >= 15 is 0 Å². The standard InChI is InChI=1S/C12H11FN2O/c13-8-4-5-9-10(7-8)14-11-3-1-2-6-15(11)12(9)16/h4-5,7H,1-3,6H2. The van der Waals surface area contributed by atoms with E-state index in [2.05, 4.69) is 4.98 Å². The van der Waals surface area contributed by atoms with Crippen molar-refractivity contribution in [3.8, 4) is 0 Å². The predicted octanol–water partition coefficient (Wildman–Crippen LogP) is 1.87. The summed E-state index contributed by atoms with van der Waals surface area (Å²) < 4.78 is 14.8. The smallest absolute Gasteiger partial charge is 0.261 e. The molecule has 0 unspecified atom stereocenters. The van der Waals surface area contributed by atoms with Gasteiger partial charge in [-0.15, -0.1) is 0 Å². The van der Waals surface area contributed by atoms with Crippen LogP contribution in [0, 0.1) is 5.82 Å². The first-order valence-electron chi connectivity index (χ1n) is 5.45. The highest BCUT2D eigenvalue weighted by Crippen LogP contribution is 2.15. The first-order valence-corrected chi connectivity index (χ1v) is 5.45. The third-order valence-corrected chi connectivity index (χ3v) is 3.03. The van der Waals surface area contributed by atoms with Crippen LogP contribution in [0.25, 0.3) is 10.9 Å². The Hall–Kier alpha value is -1.71. The predicted molar refractivity (Wildman–Crippen MR) is 58.9 cm³/mol. The van der Waals surface area contributed by atoms with Gasteiger partial charge in [-0.3, -0.25) is 9.36 Å². The summed E-state index contributed by atoms with van der Waals surface area (Å²) in [5.41, 5.74) is 0.429. The molecular weight excluding hydrogens is 207 g/mol. The summed E-state index contributed by atoms with van der Waals surface area (Å²) in [4.78, 5) is 16.4. The van der Waals surface area contributed by atoms with Crippen LogP contribution >= 0.6 is 0 Å². The molecule has 0 fully saturated rings. The van der Waals surface area contributed by atoms with Crippen LogP contribution in [0.15, 0.2) is 23.0 Å². The Balaban J connectivity index is 2.39. The van der Waals surface area contributed by atoms with Gasteiger partial charge in [0.2, 0.25) is 0 Å². The molecule has 1 aromatic carbocycles. The summed E-state index contributed by atoms with van der Waals surface area (Å²) in [6, 6.07) is 4.15. The van der Waals surface area contributed by atoms with Crippen LogP contribution in [0.4, 0.5) is 4.39 Å². The highest BCUT2D eigenvalue weighted by Gasteiger charge is 2.14. The maximum atomic E-state index is 13.1. The average molecular weight is 218 g/mol. The van der Waals surface area contributed by atoms with Crippen LogP contribution in [0.1, 0.15) is 18.7 Å². The highest BCUT2D eigenvalue weighted by molar-refractivity contribution is 5.77. The van der Waals surface area contributed by atoms with Crippen molar-refractivity contribution in [2.45, 2.75) is 25.8 Å². The van der Waals surface area contributed by atoms with E-state index in [0.717, 1.165) is 31.6 Å². The normalized spacial score (nSPS) is 15.1. The Morgan fingerprint density at radius 1 is 1.31 bits per heavy atom. The molecule has 4 heteroatoms. The van der Waals surface area contributed by atoms with Gasteiger partial charge in [0.1, 0.15) is 11.6 Å². The Morgan fingerprint density at radius 2 is 2.19 bits per heavy atom. The van der Waals surface area contributed by atoms with Crippen molar-refractivity contribution < 1.29 is 4.39 Å². The first-order chi connectivity index (χ1) is 7.75. The van der Waals surface area contributed by atoms with Gasteiger partial charge in [0.05, 0.1) is 10.9 Å². The highest BCUT2D eigenvalue weighted by atomic mass is 19.1. The van der Waals surface area contributed by atoms with Crippen LogP contribution in [0.5, 0.6) is 0 Å². The van der Waals surface area contributed by atoms with Gasteiger partial charge in [-0.1, -0.05) is 0 Å². The second-order valence-corrected chi connectivity index (χ2v) is 4.10. The quantitative estimate of drug-likeness (QED) is 0.676. The zero-order valence-electron chi connectivity index (χ0n) is 8.74. The molecule has 0 saturated carbocycles. The molecule has 2 aromatic rings. The van der Waals surface area contributed by atoms with Crippen LogP contribution < -0.4 is 5.56 Å². The van der Waals surface area contributed by atoms with Gasteiger partial charge in [0.25, 0.3) is 5.56 Å². The summed E-state index contributed by atoms with van der Waals surface area (Å²) in [6.45, 7) is 0.731. The molecule has 0 saturated heterocycles. The third kappa shape index (κ3) is 1.33. The van der Waals surface area contributed by atoms with Crippen molar-refractivity contribution in [3.05, 3.63) is 40.2 Å². The molecule has 0 amide bonds. The maximum absolute atomic E-state index is 13.1. The van der Waals surface area contributed by atoms with Crippen molar-refractivity contribution in [3.63, 3.8) is 0 Å². The molecule has 3 nitrogen and oxygen atoms in total. The molecule has 0 bridgehead atoms. The van der Waals surface area contributed by atoms with Crippen molar-refractivity contribution in [1.82, 2.24) is 9.55 Å². The molecule has 0 radical (unpaired) electrons. The monoisotopic (exact) mass is 218 g/mol. The maximum Gasteiger partial charge on any atom is 0.261 e. The second-order valence-electron chi connectivity index (χ2n) is 4.10. The lowest BCUT2D eigenvalue weighted by molar-refractivity contribution is 0.501.